The van der Waals surface area contributed by atoms with Crippen LogP contribution in [-0.2, 0) is 19.7 Å². The molecule has 1 aromatic heterocycles. The number of nitrogens with zero attached hydrogens (tertiary/aromatic N) is 1. The lowest BCUT2D eigenvalue weighted by Gasteiger charge is -2.15. The summed E-state index contributed by atoms with van der Waals surface area (Å²) in [5.41, 5.74) is 3.89. The fraction of sp³-hybridized carbons (Fsp3) is 0.174. The highest BCUT2D eigenvalue weighted by molar-refractivity contribution is 9.10. The molecule has 0 radical (unpaired) electrons. The molecule has 0 unspecified atom stereocenters. The van der Waals surface area contributed by atoms with E-state index in [-0.39, 0.29) is 0 Å². The molecule has 2 N–H and O–H groups in total. The molecule has 0 aliphatic rings. The molecule has 0 amide bonds. The quantitative estimate of drug-likeness (QED) is 0.278. The van der Waals surface area contributed by atoms with Gasteiger partial charge in [-0.25, -0.2) is 4.98 Å². The smallest absolute Gasteiger partial charge is 0.162 e. The molecule has 0 spiro atoms. The Morgan fingerprint density at radius 3 is 2.61 bits per heavy atom. The maximum absolute atomic E-state index is 6.24. The Balaban J connectivity index is 1.41. The molecule has 0 saturated heterocycles. The van der Waals surface area contributed by atoms with Gasteiger partial charge in [0.25, 0.3) is 0 Å². The SMILES string of the molecule is COc1cc(CNCc2nc3ccccc3[nH]2)c(Br)cc1OCc1ccc(Cl)cc1Cl. The molecule has 31 heavy (non-hydrogen) atoms. The van der Waals surface area contributed by atoms with Crippen molar-refractivity contribution < 1.29 is 9.47 Å². The number of benzene rings is 3. The third-order valence-corrected chi connectivity index (χ3v) is 6.10. The summed E-state index contributed by atoms with van der Waals surface area (Å²) in [6, 6.07) is 17.2. The van der Waals surface area contributed by atoms with E-state index in [1.165, 1.54) is 0 Å². The number of aromatic nitrogens is 2. The highest BCUT2D eigenvalue weighted by Gasteiger charge is 2.12. The Hall–Kier alpha value is -2.25. The van der Waals surface area contributed by atoms with Crippen molar-refractivity contribution in [3.63, 3.8) is 0 Å². The lowest BCUT2D eigenvalue weighted by Crippen LogP contribution is -2.14. The van der Waals surface area contributed by atoms with E-state index in [0.29, 0.717) is 41.2 Å². The fourth-order valence-electron chi connectivity index (χ4n) is 3.18. The summed E-state index contributed by atoms with van der Waals surface area (Å²) in [6.45, 7) is 1.57. The second kappa shape index (κ2) is 9.92. The second-order valence-electron chi connectivity index (χ2n) is 6.92. The number of ether oxygens (including phenoxy) is 2. The first-order chi connectivity index (χ1) is 15.0. The standard InChI is InChI=1S/C23H20BrCl2N3O2/c1-30-21-8-15(11-27-12-23-28-19-4-2-3-5-20(19)29-23)17(24)10-22(21)31-13-14-6-7-16(25)9-18(14)26/h2-10,27H,11-13H2,1H3,(H,28,29). The van der Waals surface area contributed by atoms with Crippen molar-refractivity contribution in [3.05, 3.63) is 86.1 Å². The van der Waals surface area contributed by atoms with Gasteiger partial charge < -0.3 is 19.8 Å². The van der Waals surface area contributed by atoms with Crippen LogP contribution in [0.2, 0.25) is 10.0 Å². The molecule has 0 atom stereocenters. The number of para-hydroxylation sites is 2. The summed E-state index contributed by atoms with van der Waals surface area (Å²) in [5, 5.41) is 4.57. The van der Waals surface area contributed by atoms with Gasteiger partial charge in [-0.1, -0.05) is 57.3 Å². The molecule has 8 heteroatoms. The van der Waals surface area contributed by atoms with Gasteiger partial charge in [0.1, 0.15) is 12.4 Å². The molecular formula is C23H20BrCl2N3O2. The summed E-state index contributed by atoms with van der Waals surface area (Å²) < 4.78 is 12.4. The zero-order valence-electron chi connectivity index (χ0n) is 16.7. The van der Waals surface area contributed by atoms with Crippen molar-refractivity contribution in [1.29, 1.82) is 0 Å². The maximum atomic E-state index is 6.24. The number of aromatic amines is 1. The van der Waals surface area contributed by atoms with Gasteiger partial charge in [0.05, 0.1) is 24.7 Å². The second-order valence-corrected chi connectivity index (χ2v) is 8.62. The van der Waals surface area contributed by atoms with Gasteiger partial charge in [-0.05, 0) is 42.0 Å². The molecule has 0 saturated carbocycles. The Bertz CT molecular complexity index is 1180. The van der Waals surface area contributed by atoms with Crippen LogP contribution in [0.1, 0.15) is 17.0 Å². The average Bonchev–Trinajstić information content (AvgIpc) is 3.17. The first-order valence-corrected chi connectivity index (χ1v) is 11.2. The van der Waals surface area contributed by atoms with Crippen molar-refractivity contribution in [2.24, 2.45) is 0 Å². The molecule has 4 aromatic rings. The third kappa shape index (κ3) is 5.33. The van der Waals surface area contributed by atoms with Gasteiger partial charge >= 0.3 is 0 Å². The van der Waals surface area contributed by atoms with Crippen molar-refractivity contribution >= 4 is 50.2 Å². The molecule has 0 aliphatic carbocycles. The van der Waals surface area contributed by atoms with Crippen LogP contribution in [0.4, 0.5) is 0 Å². The van der Waals surface area contributed by atoms with Crippen LogP contribution in [0.25, 0.3) is 11.0 Å². The number of nitrogens with one attached hydrogen (secondary N) is 2. The number of H-pyrrole nitrogens is 1. The van der Waals surface area contributed by atoms with Gasteiger partial charge in [0.2, 0.25) is 0 Å². The molecule has 5 nitrogen and oxygen atoms in total. The van der Waals surface area contributed by atoms with E-state index in [0.717, 1.165) is 32.5 Å². The van der Waals surface area contributed by atoms with E-state index in [1.807, 2.05) is 42.5 Å². The van der Waals surface area contributed by atoms with Gasteiger partial charge in [0.15, 0.2) is 11.5 Å². The van der Waals surface area contributed by atoms with Crippen LogP contribution in [-0.4, -0.2) is 17.1 Å². The first kappa shape index (κ1) is 22.0. The zero-order chi connectivity index (χ0) is 21.8. The molecule has 160 valence electrons. The number of imidazole rings is 1. The summed E-state index contributed by atoms with van der Waals surface area (Å²) in [6.07, 6.45) is 0. The Kier molecular flexibility index (Phi) is 7.02. The number of fused-ring (bicyclic) bond motifs is 1. The van der Waals surface area contributed by atoms with Gasteiger partial charge in [-0.15, -0.1) is 0 Å². The Morgan fingerprint density at radius 1 is 1.00 bits per heavy atom. The minimum Gasteiger partial charge on any atom is -0.493 e. The highest BCUT2D eigenvalue weighted by atomic mass is 79.9. The molecule has 1 heterocycles. The first-order valence-electron chi connectivity index (χ1n) is 9.61. The van der Waals surface area contributed by atoms with E-state index in [4.69, 9.17) is 32.7 Å². The maximum Gasteiger partial charge on any atom is 0.162 e. The number of hydrogen-bond acceptors (Lipinski definition) is 4. The fourth-order valence-corrected chi connectivity index (χ4v) is 4.11. The zero-order valence-corrected chi connectivity index (χ0v) is 19.8. The summed E-state index contributed by atoms with van der Waals surface area (Å²) in [7, 11) is 1.62. The summed E-state index contributed by atoms with van der Waals surface area (Å²) in [5.74, 6) is 2.17. The Labute approximate surface area is 198 Å². The van der Waals surface area contributed by atoms with Gasteiger partial charge in [-0.2, -0.15) is 0 Å². The molecule has 3 aromatic carbocycles. The molecule has 0 fully saturated rings. The molecule has 0 aliphatic heterocycles. The van der Waals surface area contributed by atoms with Crippen molar-refractivity contribution in [2.45, 2.75) is 19.7 Å². The van der Waals surface area contributed by atoms with E-state index < -0.39 is 0 Å². The van der Waals surface area contributed by atoms with Crippen LogP contribution >= 0.6 is 39.1 Å². The average molecular weight is 521 g/mol. The minimum atomic E-state index is 0.308. The number of rotatable bonds is 8. The van der Waals surface area contributed by atoms with E-state index in [1.54, 1.807) is 19.2 Å². The number of hydrogen-bond donors (Lipinski definition) is 2. The Morgan fingerprint density at radius 2 is 1.84 bits per heavy atom. The van der Waals surface area contributed by atoms with Crippen LogP contribution in [0.15, 0.2) is 59.1 Å². The normalized spacial score (nSPS) is 11.1. The van der Waals surface area contributed by atoms with E-state index in [2.05, 4.69) is 31.2 Å². The van der Waals surface area contributed by atoms with Crippen molar-refractivity contribution in [1.82, 2.24) is 15.3 Å². The van der Waals surface area contributed by atoms with Gasteiger partial charge in [-0.3, -0.25) is 0 Å². The largest absolute Gasteiger partial charge is 0.493 e. The summed E-state index contributed by atoms with van der Waals surface area (Å²) in [4.78, 5) is 7.91. The van der Waals surface area contributed by atoms with Crippen LogP contribution in [0, 0.1) is 0 Å². The van der Waals surface area contributed by atoms with Crippen molar-refractivity contribution in [3.8, 4) is 11.5 Å². The monoisotopic (exact) mass is 519 g/mol. The number of methoxy groups -OCH3 is 1. The minimum absolute atomic E-state index is 0.308. The van der Waals surface area contributed by atoms with Crippen molar-refractivity contribution in [2.75, 3.05) is 7.11 Å². The van der Waals surface area contributed by atoms with Gasteiger partial charge in [0, 0.05) is 26.6 Å². The summed E-state index contributed by atoms with van der Waals surface area (Å²) >= 11 is 15.8. The predicted octanol–water partition coefficient (Wildman–Crippen LogP) is 6.51. The van der Waals surface area contributed by atoms with E-state index in [9.17, 15) is 0 Å². The van der Waals surface area contributed by atoms with Crippen LogP contribution in [0.5, 0.6) is 11.5 Å². The predicted molar refractivity (Wildman–Crippen MR) is 128 cm³/mol. The van der Waals surface area contributed by atoms with Crippen LogP contribution in [0.3, 0.4) is 0 Å². The molecular weight excluding hydrogens is 501 g/mol. The topological polar surface area (TPSA) is 59.2 Å². The molecule has 4 rings (SSSR count). The van der Waals surface area contributed by atoms with E-state index >= 15 is 0 Å². The van der Waals surface area contributed by atoms with Crippen LogP contribution < -0.4 is 14.8 Å². The lowest BCUT2D eigenvalue weighted by atomic mass is 10.2. The molecule has 0 bridgehead atoms. The highest BCUT2D eigenvalue weighted by Crippen LogP contribution is 2.34. The number of halogens is 3. The lowest BCUT2D eigenvalue weighted by molar-refractivity contribution is 0.284. The third-order valence-electron chi connectivity index (χ3n) is 4.78.